The standard InChI is InChI=1S/C24H15ClFNO5/c1-12-2-8-18(31-12)21-20(22(28)19-11-13-10-14(25)3-9-17(13)32-19)23(29)24(30)27(21)16-6-4-15(26)5-7-16/h2-11,21,29H,1H3. The molecule has 0 saturated carbocycles. The summed E-state index contributed by atoms with van der Waals surface area (Å²) < 4.78 is 24.8. The molecular formula is C24H15ClFNO5. The van der Waals surface area contributed by atoms with Crippen molar-refractivity contribution in [2.75, 3.05) is 4.90 Å². The number of halogens is 2. The number of aliphatic hydroxyl groups is 1. The van der Waals surface area contributed by atoms with Crippen molar-refractivity contribution < 1.29 is 27.9 Å². The quantitative estimate of drug-likeness (QED) is 0.390. The molecule has 0 fully saturated rings. The maximum absolute atomic E-state index is 13.5. The molecule has 160 valence electrons. The maximum Gasteiger partial charge on any atom is 0.294 e. The van der Waals surface area contributed by atoms with Crippen molar-refractivity contribution in [3.8, 4) is 0 Å². The minimum Gasteiger partial charge on any atom is -0.503 e. The van der Waals surface area contributed by atoms with Crippen LogP contribution in [0.15, 0.2) is 80.8 Å². The Hall–Kier alpha value is -3.84. The van der Waals surface area contributed by atoms with Crippen LogP contribution in [0.25, 0.3) is 11.0 Å². The summed E-state index contributed by atoms with van der Waals surface area (Å²) in [5.41, 5.74) is 0.531. The lowest BCUT2D eigenvalue weighted by Gasteiger charge is -2.24. The zero-order valence-corrected chi connectivity index (χ0v) is 17.4. The number of furan rings is 2. The van der Waals surface area contributed by atoms with Gasteiger partial charge in [-0.15, -0.1) is 0 Å². The summed E-state index contributed by atoms with van der Waals surface area (Å²) in [4.78, 5) is 27.7. The fourth-order valence-corrected chi connectivity index (χ4v) is 4.01. The second kappa shape index (κ2) is 7.39. The van der Waals surface area contributed by atoms with Crippen molar-refractivity contribution in [1.82, 2.24) is 0 Å². The second-order valence-electron chi connectivity index (χ2n) is 7.39. The number of carbonyl (C=O) groups is 2. The van der Waals surface area contributed by atoms with E-state index in [2.05, 4.69) is 0 Å². The van der Waals surface area contributed by atoms with Gasteiger partial charge in [0, 0.05) is 16.1 Å². The first-order chi connectivity index (χ1) is 15.3. The number of aliphatic hydroxyl groups excluding tert-OH is 1. The number of amides is 1. The number of nitrogens with zero attached hydrogens (tertiary/aromatic N) is 1. The van der Waals surface area contributed by atoms with Gasteiger partial charge in [-0.05, 0) is 67.6 Å². The summed E-state index contributed by atoms with van der Waals surface area (Å²) in [5.74, 6) is -1.93. The van der Waals surface area contributed by atoms with Crippen LogP contribution in [-0.2, 0) is 4.79 Å². The molecule has 0 aliphatic carbocycles. The van der Waals surface area contributed by atoms with Crippen LogP contribution in [0.4, 0.5) is 10.1 Å². The fraction of sp³-hybridized carbons (Fsp3) is 0.0833. The lowest BCUT2D eigenvalue weighted by Crippen LogP contribution is -2.30. The Bertz CT molecular complexity index is 1420. The van der Waals surface area contributed by atoms with Crippen LogP contribution in [0.5, 0.6) is 0 Å². The topological polar surface area (TPSA) is 83.9 Å². The maximum atomic E-state index is 13.5. The fourth-order valence-electron chi connectivity index (χ4n) is 3.83. The molecule has 1 aliphatic rings. The van der Waals surface area contributed by atoms with Crippen LogP contribution in [-0.4, -0.2) is 16.8 Å². The summed E-state index contributed by atoms with van der Waals surface area (Å²) in [6, 6.07) is 13.8. The van der Waals surface area contributed by atoms with Gasteiger partial charge in [-0.1, -0.05) is 11.6 Å². The number of benzene rings is 2. The molecule has 0 bridgehead atoms. The van der Waals surface area contributed by atoms with Gasteiger partial charge in [0.1, 0.15) is 29.0 Å². The number of ketones is 1. The van der Waals surface area contributed by atoms with Crippen molar-refractivity contribution >= 4 is 39.9 Å². The van der Waals surface area contributed by atoms with E-state index in [4.69, 9.17) is 20.4 Å². The van der Waals surface area contributed by atoms with Gasteiger partial charge in [0.2, 0.25) is 5.78 Å². The molecule has 1 N–H and O–H groups in total. The molecule has 0 radical (unpaired) electrons. The van der Waals surface area contributed by atoms with Crippen LogP contribution in [0, 0.1) is 12.7 Å². The van der Waals surface area contributed by atoms with E-state index >= 15 is 0 Å². The highest BCUT2D eigenvalue weighted by molar-refractivity contribution is 6.31. The average molecular weight is 452 g/mol. The van der Waals surface area contributed by atoms with Gasteiger partial charge in [0.25, 0.3) is 5.91 Å². The van der Waals surface area contributed by atoms with Gasteiger partial charge >= 0.3 is 0 Å². The average Bonchev–Trinajstić information content (AvgIpc) is 3.45. The zero-order chi connectivity index (χ0) is 22.6. The predicted octanol–water partition coefficient (Wildman–Crippen LogP) is 5.91. The molecule has 5 rings (SSSR count). The van der Waals surface area contributed by atoms with Crippen LogP contribution < -0.4 is 4.90 Å². The molecule has 2 aromatic heterocycles. The Morgan fingerprint density at radius 2 is 1.81 bits per heavy atom. The van der Waals surface area contributed by atoms with E-state index in [1.807, 2.05) is 0 Å². The molecule has 1 aliphatic heterocycles. The molecular weight excluding hydrogens is 437 g/mol. The Morgan fingerprint density at radius 1 is 1.06 bits per heavy atom. The Labute approximate surface area is 186 Å². The summed E-state index contributed by atoms with van der Waals surface area (Å²) in [5, 5.41) is 11.8. The van der Waals surface area contributed by atoms with E-state index < -0.39 is 29.3 Å². The van der Waals surface area contributed by atoms with Crippen LogP contribution in [0.1, 0.15) is 28.1 Å². The van der Waals surface area contributed by atoms with E-state index in [-0.39, 0.29) is 17.1 Å². The van der Waals surface area contributed by atoms with Crippen LogP contribution >= 0.6 is 11.6 Å². The van der Waals surface area contributed by atoms with Crippen molar-refractivity contribution in [2.24, 2.45) is 0 Å². The number of aryl methyl sites for hydroxylation is 1. The molecule has 0 saturated heterocycles. The molecule has 1 atom stereocenters. The molecule has 1 amide bonds. The smallest absolute Gasteiger partial charge is 0.294 e. The molecule has 3 heterocycles. The second-order valence-corrected chi connectivity index (χ2v) is 7.82. The lowest BCUT2D eigenvalue weighted by molar-refractivity contribution is -0.117. The number of hydrogen-bond acceptors (Lipinski definition) is 5. The highest BCUT2D eigenvalue weighted by Gasteiger charge is 2.46. The predicted molar refractivity (Wildman–Crippen MR) is 115 cm³/mol. The normalized spacial score (nSPS) is 16.4. The Kier molecular flexibility index (Phi) is 4.64. The number of fused-ring (bicyclic) bond motifs is 1. The lowest BCUT2D eigenvalue weighted by atomic mass is 9.99. The summed E-state index contributed by atoms with van der Waals surface area (Å²) in [6.07, 6.45) is 0. The first kappa shape index (κ1) is 20.1. The molecule has 1 unspecified atom stereocenters. The number of hydrogen-bond donors (Lipinski definition) is 1. The summed E-state index contributed by atoms with van der Waals surface area (Å²) in [6.45, 7) is 1.72. The van der Waals surface area contributed by atoms with Crippen molar-refractivity contribution in [1.29, 1.82) is 0 Å². The molecule has 0 spiro atoms. The zero-order valence-electron chi connectivity index (χ0n) is 16.6. The van der Waals surface area contributed by atoms with Gasteiger partial charge in [-0.2, -0.15) is 0 Å². The van der Waals surface area contributed by atoms with Crippen LogP contribution in [0.2, 0.25) is 5.02 Å². The van der Waals surface area contributed by atoms with Crippen molar-refractivity contribution in [3.05, 3.63) is 100 Å². The molecule has 6 nitrogen and oxygen atoms in total. The third kappa shape index (κ3) is 3.18. The number of carbonyl (C=O) groups excluding carboxylic acids is 2. The number of Topliss-reactive ketones (excluding diaryl/α,β-unsaturated/α-hetero) is 1. The van der Waals surface area contributed by atoms with Crippen molar-refractivity contribution in [2.45, 2.75) is 13.0 Å². The minimum absolute atomic E-state index is 0.0640. The van der Waals surface area contributed by atoms with E-state index in [1.165, 1.54) is 35.2 Å². The summed E-state index contributed by atoms with van der Waals surface area (Å²) in [7, 11) is 0. The van der Waals surface area contributed by atoms with Gasteiger partial charge in [0.15, 0.2) is 11.5 Å². The number of anilines is 1. The van der Waals surface area contributed by atoms with E-state index in [1.54, 1.807) is 37.3 Å². The minimum atomic E-state index is -1.06. The van der Waals surface area contributed by atoms with E-state index in [0.29, 0.717) is 27.4 Å². The molecule has 8 heteroatoms. The van der Waals surface area contributed by atoms with Gasteiger partial charge < -0.3 is 13.9 Å². The molecule has 32 heavy (non-hydrogen) atoms. The third-order valence-corrected chi connectivity index (χ3v) is 5.53. The van der Waals surface area contributed by atoms with Gasteiger partial charge in [-0.25, -0.2) is 4.39 Å². The Balaban J connectivity index is 1.65. The monoisotopic (exact) mass is 451 g/mol. The van der Waals surface area contributed by atoms with Gasteiger partial charge in [0.05, 0.1) is 5.57 Å². The third-order valence-electron chi connectivity index (χ3n) is 5.29. The first-order valence-electron chi connectivity index (χ1n) is 9.66. The van der Waals surface area contributed by atoms with E-state index in [0.717, 1.165) is 0 Å². The molecule has 4 aromatic rings. The highest BCUT2D eigenvalue weighted by atomic mass is 35.5. The van der Waals surface area contributed by atoms with Crippen LogP contribution in [0.3, 0.4) is 0 Å². The Morgan fingerprint density at radius 3 is 2.50 bits per heavy atom. The number of rotatable bonds is 4. The SMILES string of the molecule is Cc1ccc(C2C(C(=O)c3cc4cc(Cl)ccc4o3)=C(O)C(=O)N2c2ccc(F)cc2)o1. The van der Waals surface area contributed by atoms with E-state index in [9.17, 15) is 19.1 Å². The largest absolute Gasteiger partial charge is 0.503 e. The van der Waals surface area contributed by atoms with Gasteiger partial charge in [-0.3, -0.25) is 14.5 Å². The molecule has 2 aromatic carbocycles. The highest BCUT2D eigenvalue weighted by Crippen LogP contribution is 2.42. The summed E-state index contributed by atoms with van der Waals surface area (Å²) >= 11 is 6.01. The van der Waals surface area contributed by atoms with Crippen molar-refractivity contribution in [3.63, 3.8) is 0 Å². The first-order valence-corrected chi connectivity index (χ1v) is 10.0.